The first-order valence-electron chi connectivity index (χ1n) is 10.3. The van der Waals surface area contributed by atoms with Gasteiger partial charge in [-0.3, -0.25) is 29.5 Å². The number of nitrogens with zero attached hydrogens (tertiary/aromatic N) is 4. The van der Waals surface area contributed by atoms with E-state index in [1.54, 1.807) is 24.7 Å². The van der Waals surface area contributed by atoms with Crippen molar-refractivity contribution in [3.05, 3.63) is 84.3 Å². The second-order valence-corrected chi connectivity index (χ2v) is 7.17. The van der Waals surface area contributed by atoms with Crippen LogP contribution in [-0.4, -0.2) is 32.8 Å². The van der Waals surface area contributed by atoms with Crippen LogP contribution in [0.2, 0.25) is 0 Å². The molecule has 2 amide bonds. The fourth-order valence-corrected chi connectivity index (χ4v) is 3.21. The molecule has 4 aromatic heterocycles. The smallest absolute Gasteiger partial charge is 0.372 e. The summed E-state index contributed by atoms with van der Waals surface area (Å²) in [6, 6.07) is 12.1. The van der Waals surface area contributed by atoms with Gasteiger partial charge in [0.1, 0.15) is 5.69 Å². The maximum absolute atomic E-state index is 13.0. The first kappa shape index (κ1) is 27.6. The Balaban J connectivity index is 0.000000693. The second kappa shape index (κ2) is 12.7. The summed E-state index contributed by atoms with van der Waals surface area (Å²) >= 11 is 0. The van der Waals surface area contributed by atoms with Crippen LogP contribution in [0.15, 0.2) is 67.3 Å². The van der Waals surface area contributed by atoms with Gasteiger partial charge < -0.3 is 11.5 Å². The minimum atomic E-state index is -4.50. The number of amides is 2. The summed E-state index contributed by atoms with van der Waals surface area (Å²) < 4.78 is 39.1. The summed E-state index contributed by atoms with van der Waals surface area (Å²) in [7, 11) is 0. The van der Waals surface area contributed by atoms with Gasteiger partial charge in [-0.15, -0.1) is 0 Å². The Morgan fingerprint density at radius 2 is 1.31 bits per heavy atom. The number of nitrogens with two attached hydrogens (primary N) is 2. The Morgan fingerprint density at radius 1 is 0.722 bits per heavy atom. The van der Waals surface area contributed by atoms with Crippen molar-refractivity contribution in [1.29, 1.82) is 0 Å². The van der Waals surface area contributed by atoms with Gasteiger partial charge in [0, 0.05) is 52.9 Å². The number of rotatable bonds is 3. The largest absolute Gasteiger partial charge is 0.433 e. The predicted octanol–water partition coefficient (Wildman–Crippen LogP) is 4.11. The number of aromatic nitrogens is 4. The Bertz CT molecular complexity index is 1320. The van der Waals surface area contributed by atoms with E-state index in [0.29, 0.717) is 11.1 Å². The van der Waals surface area contributed by atoms with E-state index in [0.717, 1.165) is 46.0 Å². The molecular formula is C25H23F3N6O2. The topological polar surface area (TPSA) is 138 Å². The Morgan fingerprint density at radius 3 is 1.94 bits per heavy atom. The highest BCUT2D eigenvalue weighted by atomic mass is 19.4. The first-order valence-corrected chi connectivity index (χ1v) is 10.3. The molecule has 4 rings (SSSR count). The SMILES string of the molecule is Cc1cc(-c2cc(-c3cc(-c4ccnc(C(F)(F)F)c4)cnc3C)ccn2)ccn1.NC=O.NC=O. The van der Waals surface area contributed by atoms with Gasteiger partial charge in [-0.2, -0.15) is 13.2 Å². The van der Waals surface area contributed by atoms with Gasteiger partial charge in [0.05, 0.1) is 5.69 Å². The van der Waals surface area contributed by atoms with Crippen LogP contribution in [-0.2, 0) is 15.8 Å². The van der Waals surface area contributed by atoms with Gasteiger partial charge in [-0.05, 0) is 67.4 Å². The van der Waals surface area contributed by atoms with Gasteiger partial charge >= 0.3 is 6.18 Å². The molecule has 0 aliphatic rings. The van der Waals surface area contributed by atoms with Crippen molar-refractivity contribution < 1.29 is 22.8 Å². The third kappa shape index (κ3) is 7.42. The molecule has 8 nitrogen and oxygen atoms in total. The third-order valence-electron chi connectivity index (χ3n) is 4.73. The van der Waals surface area contributed by atoms with E-state index in [9.17, 15) is 13.2 Å². The number of alkyl halides is 3. The number of halogens is 3. The van der Waals surface area contributed by atoms with Crippen molar-refractivity contribution in [3.63, 3.8) is 0 Å². The number of carbonyl (C=O) groups excluding carboxylic acids is 2. The monoisotopic (exact) mass is 496 g/mol. The van der Waals surface area contributed by atoms with Gasteiger partial charge in [0.2, 0.25) is 12.8 Å². The number of hydrogen-bond acceptors (Lipinski definition) is 6. The lowest BCUT2D eigenvalue weighted by Crippen LogP contribution is -2.07. The van der Waals surface area contributed by atoms with Crippen molar-refractivity contribution >= 4 is 12.8 Å². The number of hydrogen-bond donors (Lipinski definition) is 2. The fraction of sp³-hybridized carbons (Fsp3) is 0.120. The zero-order valence-electron chi connectivity index (χ0n) is 19.4. The van der Waals surface area contributed by atoms with Crippen molar-refractivity contribution in [2.75, 3.05) is 0 Å². The highest BCUT2D eigenvalue weighted by Crippen LogP contribution is 2.33. The van der Waals surface area contributed by atoms with Gasteiger partial charge in [0.25, 0.3) is 0 Å². The summed E-state index contributed by atoms with van der Waals surface area (Å²) in [6.45, 7) is 3.78. The van der Waals surface area contributed by atoms with Crippen molar-refractivity contribution in [3.8, 4) is 33.5 Å². The molecule has 11 heteroatoms. The van der Waals surface area contributed by atoms with Gasteiger partial charge in [0.15, 0.2) is 0 Å². The van der Waals surface area contributed by atoms with Crippen molar-refractivity contribution in [2.45, 2.75) is 20.0 Å². The van der Waals surface area contributed by atoms with E-state index in [1.807, 2.05) is 44.2 Å². The molecule has 0 aliphatic heterocycles. The van der Waals surface area contributed by atoms with Crippen LogP contribution in [0, 0.1) is 13.8 Å². The lowest BCUT2D eigenvalue weighted by molar-refractivity contribution is -0.141. The average molecular weight is 496 g/mol. The summed E-state index contributed by atoms with van der Waals surface area (Å²) in [5.74, 6) is 0. The molecule has 0 radical (unpaired) electrons. The zero-order valence-corrected chi connectivity index (χ0v) is 19.4. The number of pyridine rings is 4. The Hall–Kier alpha value is -4.67. The summed E-state index contributed by atoms with van der Waals surface area (Å²) in [5, 5.41) is 0. The maximum Gasteiger partial charge on any atom is 0.433 e. The van der Waals surface area contributed by atoms with E-state index >= 15 is 0 Å². The molecule has 4 aromatic rings. The quantitative estimate of drug-likeness (QED) is 0.410. The molecule has 0 aromatic carbocycles. The molecule has 0 unspecified atom stereocenters. The molecule has 36 heavy (non-hydrogen) atoms. The van der Waals surface area contributed by atoms with Crippen LogP contribution in [0.3, 0.4) is 0 Å². The van der Waals surface area contributed by atoms with Crippen LogP contribution in [0.1, 0.15) is 17.1 Å². The van der Waals surface area contributed by atoms with Crippen LogP contribution in [0.25, 0.3) is 33.5 Å². The molecule has 4 N–H and O–H groups in total. The van der Waals surface area contributed by atoms with Crippen molar-refractivity contribution in [1.82, 2.24) is 19.9 Å². The molecule has 186 valence electrons. The third-order valence-corrected chi connectivity index (χ3v) is 4.73. The Kier molecular flexibility index (Phi) is 9.73. The van der Waals surface area contributed by atoms with Gasteiger partial charge in [-0.1, -0.05) is 0 Å². The molecule has 0 saturated heterocycles. The predicted molar refractivity (Wildman–Crippen MR) is 129 cm³/mol. The van der Waals surface area contributed by atoms with Crippen LogP contribution >= 0.6 is 0 Å². The van der Waals surface area contributed by atoms with Crippen molar-refractivity contribution in [2.24, 2.45) is 11.5 Å². The number of carbonyl (C=O) groups is 2. The van der Waals surface area contributed by atoms with E-state index in [4.69, 9.17) is 9.59 Å². The average Bonchev–Trinajstić information content (AvgIpc) is 2.85. The molecular weight excluding hydrogens is 473 g/mol. The molecule has 0 atom stereocenters. The van der Waals surface area contributed by atoms with E-state index in [-0.39, 0.29) is 12.8 Å². The second-order valence-electron chi connectivity index (χ2n) is 7.17. The van der Waals surface area contributed by atoms with Crippen LogP contribution in [0.5, 0.6) is 0 Å². The zero-order chi connectivity index (χ0) is 26.7. The highest BCUT2D eigenvalue weighted by molar-refractivity contribution is 5.76. The molecule has 0 bridgehead atoms. The number of aryl methyl sites for hydroxylation is 2. The van der Waals surface area contributed by atoms with E-state index in [1.165, 1.54) is 0 Å². The van der Waals surface area contributed by atoms with Crippen LogP contribution < -0.4 is 11.5 Å². The van der Waals surface area contributed by atoms with E-state index in [2.05, 4.69) is 31.4 Å². The molecule has 0 fully saturated rings. The summed E-state index contributed by atoms with van der Waals surface area (Å²) in [4.78, 5) is 33.7. The molecule has 0 saturated carbocycles. The minimum absolute atomic E-state index is 0.250. The molecule has 0 spiro atoms. The summed E-state index contributed by atoms with van der Waals surface area (Å²) in [6.07, 6.45) is 2.17. The fourth-order valence-electron chi connectivity index (χ4n) is 3.21. The number of primary amides is 2. The maximum atomic E-state index is 13.0. The Labute approximate surface area is 205 Å². The van der Waals surface area contributed by atoms with Crippen LogP contribution in [0.4, 0.5) is 13.2 Å². The minimum Gasteiger partial charge on any atom is -0.372 e. The summed E-state index contributed by atoms with van der Waals surface area (Å²) in [5.41, 5.74) is 13.5. The standard InChI is InChI=1S/C23H17F3N4.2CH3NO/c1-14-9-18(5-6-27-14)21-11-17(4-7-28-21)20-10-19(13-30-15(20)2)16-3-8-29-22(12-16)23(24,25)26;2*2-1-3/h3-13H,1-2H3;2*1H,(H2,2,3). The lowest BCUT2D eigenvalue weighted by Gasteiger charge is -2.11. The highest BCUT2D eigenvalue weighted by Gasteiger charge is 2.32. The first-order chi connectivity index (χ1) is 17.1. The molecule has 4 heterocycles. The lowest BCUT2D eigenvalue weighted by atomic mass is 9.99. The van der Waals surface area contributed by atoms with E-state index < -0.39 is 11.9 Å². The molecule has 0 aliphatic carbocycles. The normalized spacial score (nSPS) is 10.2. The van der Waals surface area contributed by atoms with Gasteiger partial charge in [-0.25, -0.2) is 0 Å².